The molecule has 1 N–H and O–H groups in total. The number of aromatic nitrogens is 2. The van der Waals surface area contributed by atoms with Gasteiger partial charge in [0, 0.05) is 10.0 Å². The number of hydrogen-bond acceptors (Lipinski definition) is 8. The van der Waals surface area contributed by atoms with Gasteiger partial charge in [0.05, 0.1) is 38.5 Å². The number of ether oxygens (including phenoxy) is 1. The van der Waals surface area contributed by atoms with E-state index in [0.717, 1.165) is 25.3 Å². The molecule has 4 aromatic rings. The number of halogens is 1. The van der Waals surface area contributed by atoms with E-state index < -0.39 is 23.5 Å². The number of Topliss-reactive ketones (excluding diaryl/α,β-unsaturated/α-hetero) is 1. The standard InChI is InChI=1S/C25H20BrN3O4S2/c1-11-5-7-16-18(9-11)35-25(28-16)29-20(15-10-14(26)6-8-17(15)33-4)19(22(31)24(29)32)21(30)23-12(2)27-13(3)34-23/h5-10,20,31H,1-4H3. The summed E-state index contributed by atoms with van der Waals surface area (Å²) >= 11 is 6.05. The molecule has 0 radical (unpaired) electrons. The number of carbonyl (C=O) groups excluding carboxylic acids is 2. The number of amides is 1. The zero-order valence-corrected chi connectivity index (χ0v) is 22.5. The summed E-state index contributed by atoms with van der Waals surface area (Å²) in [5.74, 6) is -1.24. The Labute approximate surface area is 217 Å². The normalized spacial score (nSPS) is 16.0. The molecule has 5 rings (SSSR count). The van der Waals surface area contributed by atoms with Gasteiger partial charge in [0.1, 0.15) is 11.8 Å². The van der Waals surface area contributed by atoms with E-state index in [4.69, 9.17) is 4.74 Å². The van der Waals surface area contributed by atoms with Crippen LogP contribution in [-0.4, -0.2) is 33.9 Å². The van der Waals surface area contributed by atoms with Crippen molar-refractivity contribution in [2.24, 2.45) is 0 Å². The second kappa shape index (κ2) is 8.85. The smallest absolute Gasteiger partial charge is 0.296 e. The van der Waals surface area contributed by atoms with Gasteiger partial charge in [-0.15, -0.1) is 11.3 Å². The highest BCUT2D eigenvalue weighted by atomic mass is 79.9. The molecule has 0 saturated heterocycles. The Morgan fingerprint density at radius 3 is 2.57 bits per heavy atom. The Balaban J connectivity index is 1.74. The summed E-state index contributed by atoms with van der Waals surface area (Å²) in [5, 5.41) is 12.2. The van der Waals surface area contributed by atoms with E-state index in [1.54, 1.807) is 19.1 Å². The van der Waals surface area contributed by atoms with E-state index in [0.29, 0.717) is 27.0 Å². The SMILES string of the molecule is COc1ccc(Br)cc1C1C(C(=O)c2sc(C)nc2C)=C(O)C(=O)N1c1nc2ccc(C)cc2s1. The third-order valence-electron chi connectivity index (χ3n) is 5.79. The van der Waals surface area contributed by atoms with Gasteiger partial charge in [0.25, 0.3) is 5.91 Å². The van der Waals surface area contributed by atoms with Gasteiger partial charge in [-0.2, -0.15) is 0 Å². The number of anilines is 1. The van der Waals surface area contributed by atoms with Crippen LogP contribution in [0.15, 0.2) is 52.2 Å². The molecule has 3 heterocycles. The van der Waals surface area contributed by atoms with Gasteiger partial charge in [-0.25, -0.2) is 9.97 Å². The zero-order valence-electron chi connectivity index (χ0n) is 19.2. The van der Waals surface area contributed by atoms with Gasteiger partial charge in [-0.1, -0.05) is 33.3 Å². The molecule has 1 aliphatic heterocycles. The molecular formula is C25H20BrN3O4S2. The predicted molar refractivity (Wildman–Crippen MR) is 141 cm³/mol. The molecule has 0 aliphatic carbocycles. The van der Waals surface area contributed by atoms with Crippen molar-refractivity contribution in [3.63, 3.8) is 0 Å². The van der Waals surface area contributed by atoms with Crippen molar-refractivity contribution in [3.05, 3.63) is 78.9 Å². The number of hydrogen-bond donors (Lipinski definition) is 1. The van der Waals surface area contributed by atoms with Crippen LogP contribution in [0.4, 0.5) is 5.13 Å². The third kappa shape index (κ3) is 3.95. The van der Waals surface area contributed by atoms with E-state index in [2.05, 4.69) is 25.9 Å². The Morgan fingerprint density at radius 2 is 1.89 bits per heavy atom. The number of carbonyl (C=O) groups is 2. The van der Waals surface area contributed by atoms with Crippen LogP contribution in [0, 0.1) is 20.8 Å². The summed E-state index contributed by atoms with van der Waals surface area (Å²) in [6.07, 6.45) is 0. The number of aliphatic hydroxyl groups excluding tert-OH is 1. The van der Waals surface area contributed by atoms with Crippen molar-refractivity contribution >= 4 is 65.6 Å². The molecule has 2 aromatic heterocycles. The van der Waals surface area contributed by atoms with E-state index in [1.165, 1.54) is 34.7 Å². The van der Waals surface area contributed by atoms with Crippen molar-refractivity contribution in [2.75, 3.05) is 12.0 Å². The molecule has 1 atom stereocenters. The molecule has 1 aliphatic rings. The van der Waals surface area contributed by atoms with E-state index in [1.807, 2.05) is 38.1 Å². The van der Waals surface area contributed by atoms with Crippen LogP contribution in [0.5, 0.6) is 5.75 Å². The lowest BCUT2D eigenvalue weighted by Crippen LogP contribution is -2.31. The highest BCUT2D eigenvalue weighted by molar-refractivity contribution is 9.10. The van der Waals surface area contributed by atoms with Gasteiger partial charge < -0.3 is 9.84 Å². The minimum atomic E-state index is -0.939. The molecule has 2 aromatic carbocycles. The fraction of sp³-hybridized carbons (Fsp3) is 0.200. The molecule has 1 amide bonds. The van der Waals surface area contributed by atoms with Gasteiger partial charge in [0.2, 0.25) is 5.78 Å². The number of benzene rings is 2. The second-order valence-corrected chi connectivity index (χ2v) is 11.3. The third-order valence-corrected chi connectivity index (χ3v) is 8.37. The topological polar surface area (TPSA) is 92.6 Å². The van der Waals surface area contributed by atoms with Gasteiger partial charge in [0.15, 0.2) is 10.9 Å². The maximum atomic E-state index is 13.8. The molecule has 178 valence electrons. The Bertz CT molecular complexity index is 1560. The summed E-state index contributed by atoms with van der Waals surface area (Å²) in [6.45, 7) is 5.54. The first kappa shape index (κ1) is 23.7. The average molecular weight is 570 g/mol. The largest absolute Gasteiger partial charge is 0.503 e. The predicted octanol–water partition coefficient (Wildman–Crippen LogP) is 6.23. The Kier molecular flexibility index (Phi) is 5.98. The van der Waals surface area contributed by atoms with Crippen molar-refractivity contribution < 1.29 is 19.4 Å². The number of rotatable bonds is 5. The highest BCUT2D eigenvalue weighted by Gasteiger charge is 2.47. The van der Waals surface area contributed by atoms with Crippen LogP contribution in [0.3, 0.4) is 0 Å². The molecule has 1 unspecified atom stereocenters. The van der Waals surface area contributed by atoms with Crippen molar-refractivity contribution in [1.82, 2.24) is 9.97 Å². The lowest BCUT2D eigenvalue weighted by atomic mass is 9.94. The first-order chi connectivity index (χ1) is 16.7. The van der Waals surface area contributed by atoms with Crippen LogP contribution in [-0.2, 0) is 4.79 Å². The molecular weight excluding hydrogens is 550 g/mol. The number of aliphatic hydroxyl groups is 1. The first-order valence-corrected chi connectivity index (χ1v) is 13.1. The lowest BCUT2D eigenvalue weighted by molar-refractivity contribution is -0.117. The molecule has 35 heavy (non-hydrogen) atoms. The minimum Gasteiger partial charge on any atom is -0.503 e. The second-order valence-electron chi connectivity index (χ2n) is 8.17. The van der Waals surface area contributed by atoms with Gasteiger partial charge in [-0.05, 0) is 56.7 Å². The number of nitrogens with zero attached hydrogens (tertiary/aromatic N) is 3. The quantitative estimate of drug-likeness (QED) is 0.286. The fourth-order valence-electron chi connectivity index (χ4n) is 4.23. The average Bonchev–Trinajstić information content (AvgIpc) is 3.46. The summed E-state index contributed by atoms with van der Waals surface area (Å²) in [4.78, 5) is 38.1. The molecule has 0 saturated carbocycles. The zero-order chi connectivity index (χ0) is 25.0. The van der Waals surface area contributed by atoms with Gasteiger partial charge in [-0.3, -0.25) is 14.5 Å². The monoisotopic (exact) mass is 569 g/mol. The number of methoxy groups -OCH3 is 1. The number of ketones is 1. The van der Waals surface area contributed by atoms with E-state index in [-0.39, 0.29) is 5.57 Å². The summed E-state index contributed by atoms with van der Waals surface area (Å²) in [6, 6.07) is 10.3. The van der Waals surface area contributed by atoms with E-state index >= 15 is 0 Å². The van der Waals surface area contributed by atoms with Gasteiger partial charge >= 0.3 is 0 Å². The van der Waals surface area contributed by atoms with E-state index in [9.17, 15) is 14.7 Å². The first-order valence-electron chi connectivity index (χ1n) is 10.7. The molecule has 7 nitrogen and oxygen atoms in total. The highest BCUT2D eigenvalue weighted by Crippen LogP contribution is 2.47. The minimum absolute atomic E-state index is 0.0198. The van der Waals surface area contributed by atoms with Crippen LogP contribution in [0.2, 0.25) is 0 Å². The summed E-state index contributed by atoms with van der Waals surface area (Å²) in [5.41, 5.74) is 2.89. The number of aryl methyl sites for hydroxylation is 3. The number of fused-ring (bicyclic) bond motifs is 1. The maximum Gasteiger partial charge on any atom is 0.296 e. The maximum absolute atomic E-state index is 13.8. The van der Waals surface area contributed by atoms with Crippen molar-refractivity contribution in [1.29, 1.82) is 0 Å². The Hall–Kier alpha value is -3.08. The molecule has 0 spiro atoms. The van der Waals surface area contributed by atoms with Crippen LogP contribution in [0.1, 0.15) is 37.5 Å². The van der Waals surface area contributed by atoms with Crippen molar-refractivity contribution in [3.8, 4) is 5.75 Å². The van der Waals surface area contributed by atoms with Crippen LogP contribution < -0.4 is 9.64 Å². The molecule has 10 heteroatoms. The fourth-order valence-corrected chi connectivity index (χ4v) is 6.58. The Morgan fingerprint density at radius 1 is 1.11 bits per heavy atom. The van der Waals surface area contributed by atoms with Crippen LogP contribution >= 0.6 is 38.6 Å². The molecule has 0 fully saturated rings. The number of thiazole rings is 2. The summed E-state index contributed by atoms with van der Waals surface area (Å²) < 4.78 is 7.25. The van der Waals surface area contributed by atoms with Crippen LogP contribution in [0.25, 0.3) is 10.2 Å². The van der Waals surface area contributed by atoms with Crippen molar-refractivity contribution in [2.45, 2.75) is 26.8 Å². The summed E-state index contributed by atoms with van der Waals surface area (Å²) in [7, 11) is 1.52. The lowest BCUT2D eigenvalue weighted by Gasteiger charge is -2.26. The molecule has 0 bridgehead atoms.